The van der Waals surface area contributed by atoms with Crippen LogP contribution in [-0.2, 0) is 13.0 Å². The van der Waals surface area contributed by atoms with Gasteiger partial charge in [-0.2, -0.15) is 0 Å². The Hall–Kier alpha value is -0.410. The van der Waals surface area contributed by atoms with E-state index in [0.717, 1.165) is 12.5 Å². The molecule has 0 aliphatic heterocycles. The molecule has 0 radical (unpaired) electrons. The van der Waals surface area contributed by atoms with Crippen LogP contribution in [0.3, 0.4) is 0 Å². The third-order valence-corrected chi connectivity index (χ3v) is 3.37. The SMILES string of the molecule is CC(C)NCc1csc(CC2CC2)n1. The van der Waals surface area contributed by atoms with Crippen LogP contribution in [0, 0.1) is 5.92 Å². The van der Waals surface area contributed by atoms with Gasteiger partial charge in [-0.05, 0) is 18.8 Å². The molecular weight excluding hydrogens is 192 g/mol. The zero-order chi connectivity index (χ0) is 9.97. The van der Waals surface area contributed by atoms with Gasteiger partial charge in [0.15, 0.2) is 0 Å². The van der Waals surface area contributed by atoms with Crippen LogP contribution >= 0.6 is 11.3 Å². The van der Waals surface area contributed by atoms with Crippen LogP contribution < -0.4 is 5.32 Å². The monoisotopic (exact) mass is 210 g/mol. The maximum Gasteiger partial charge on any atom is 0.0931 e. The Kier molecular flexibility index (Phi) is 3.19. The maximum atomic E-state index is 4.62. The minimum absolute atomic E-state index is 0.545. The number of hydrogen-bond donors (Lipinski definition) is 1. The van der Waals surface area contributed by atoms with Crippen molar-refractivity contribution in [3.63, 3.8) is 0 Å². The van der Waals surface area contributed by atoms with E-state index in [-0.39, 0.29) is 0 Å². The smallest absolute Gasteiger partial charge is 0.0931 e. The van der Waals surface area contributed by atoms with Crippen molar-refractivity contribution >= 4 is 11.3 Å². The van der Waals surface area contributed by atoms with E-state index in [0.29, 0.717) is 6.04 Å². The summed E-state index contributed by atoms with van der Waals surface area (Å²) in [6.45, 7) is 5.24. The van der Waals surface area contributed by atoms with Crippen LogP contribution in [0.5, 0.6) is 0 Å². The highest BCUT2D eigenvalue weighted by Crippen LogP contribution is 2.33. The van der Waals surface area contributed by atoms with E-state index >= 15 is 0 Å². The molecule has 14 heavy (non-hydrogen) atoms. The first-order chi connectivity index (χ1) is 6.74. The van der Waals surface area contributed by atoms with Crippen LogP contribution in [0.2, 0.25) is 0 Å². The second kappa shape index (κ2) is 4.41. The second-order valence-corrected chi connectivity index (χ2v) is 5.36. The number of nitrogens with one attached hydrogen (secondary N) is 1. The lowest BCUT2D eigenvalue weighted by molar-refractivity contribution is 0.582. The number of thiazole rings is 1. The number of rotatable bonds is 5. The predicted octanol–water partition coefficient (Wildman–Crippen LogP) is 2.59. The number of nitrogens with zero attached hydrogens (tertiary/aromatic N) is 1. The average molecular weight is 210 g/mol. The Balaban J connectivity index is 1.82. The van der Waals surface area contributed by atoms with Gasteiger partial charge in [0.1, 0.15) is 0 Å². The molecular formula is C11H18N2S. The molecule has 0 atom stereocenters. The predicted molar refractivity (Wildman–Crippen MR) is 60.5 cm³/mol. The molecule has 0 spiro atoms. The van der Waals surface area contributed by atoms with Crippen molar-refractivity contribution in [2.75, 3.05) is 0 Å². The van der Waals surface area contributed by atoms with Crippen molar-refractivity contribution in [1.82, 2.24) is 10.3 Å². The van der Waals surface area contributed by atoms with Gasteiger partial charge < -0.3 is 5.32 Å². The highest BCUT2D eigenvalue weighted by molar-refractivity contribution is 7.09. The van der Waals surface area contributed by atoms with Crippen LogP contribution in [0.1, 0.15) is 37.4 Å². The minimum atomic E-state index is 0.545. The molecule has 1 aliphatic carbocycles. The van der Waals surface area contributed by atoms with Gasteiger partial charge in [0.25, 0.3) is 0 Å². The van der Waals surface area contributed by atoms with E-state index in [1.807, 2.05) is 11.3 Å². The Morgan fingerprint density at radius 1 is 1.57 bits per heavy atom. The fourth-order valence-electron chi connectivity index (χ4n) is 1.40. The Labute approximate surface area is 89.8 Å². The first kappa shape index (κ1) is 10.1. The van der Waals surface area contributed by atoms with E-state index in [1.165, 1.54) is 30.0 Å². The summed E-state index contributed by atoms with van der Waals surface area (Å²) < 4.78 is 0. The first-order valence-electron chi connectivity index (χ1n) is 5.40. The molecule has 1 aliphatic rings. The molecule has 2 nitrogen and oxygen atoms in total. The van der Waals surface area contributed by atoms with Gasteiger partial charge in [-0.25, -0.2) is 4.98 Å². The third kappa shape index (κ3) is 3.07. The Morgan fingerprint density at radius 2 is 2.36 bits per heavy atom. The quantitative estimate of drug-likeness (QED) is 0.808. The van der Waals surface area contributed by atoms with E-state index in [9.17, 15) is 0 Å². The van der Waals surface area contributed by atoms with Crippen molar-refractivity contribution in [1.29, 1.82) is 0 Å². The van der Waals surface area contributed by atoms with E-state index in [1.54, 1.807) is 0 Å². The first-order valence-corrected chi connectivity index (χ1v) is 6.28. The summed E-state index contributed by atoms with van der Waals surface area (Å²) in [5, 5.41) is 6.90. The van der Waals surface area contributed by atoms with Gasteiger partial charge in [-0.3, -0.25) is 0 Å². The van der Waals surface area contributed by atoms with E-state index in [4.69, 9.17) is 0 Å². The third-order valence-electron chi connectivity index (χ3n) is 2.45. The standard InChI is InChI=1S/C11H18N2S/c1-8(2)12-6-10-7-14-11(13-10)5-9-3-4-9/h7-9,12H,3-6H2,1-2H3. The average Bonchev–Trinajstić information content (AvgIpc) is 2.81. The topological polar surface area (TPSA) is 24.9 Å². The molecule has 2 rings (SSSR count). The summed E-state index contributed by atoms with van der Waals surface area (Å²) in [7, 11) is 0. The lowest BCUT2D eigenvalue weighted by Gasteiger charge is -2.04. The fourth-order valence-corrected chi connectivity index (χ4v) is 2.31. The fraction of sp³-hybridized carbons (Fsp3) is 0.727. The molecule has 0 saturated heterocycles. The Morgan fingerprint density at radius 3 is 3.00 bits per heavy atom. The summed E-state index contributed by atoms with van der Waals surface area (Å²) in [5.74, 6) is 0.951. The molecule has 1 saturated carbocycles. The lowest BCUT2D eigenvalue weighted by atomic mass is 10.3. The highest BCUT2D eigenvalue weighted by Gasteiger charge is 2.22. The lowest BCUT2D eigenvalue weighted by Crippen LogP contribution is -2.21. The normalized spacial score (nSPS) is 16.5. The molecule has 1 fully saturated rings. The van der Waals surface area contributed by atoms with Crippen LogP contribution in [-0.4, -0.2) is 11.0 Å². The molecule has 1 N–H and O–H groups in total. The summed E-state index contributed by atoms with van der Waals surface area (Å²) >= 11 is 1.82. The van der Waals surface area contributed by atoms with Crippen molar-refractivity contribution < 1.29 is 0 Å². The summed E-state index contributed by atoms with van der Waals surface area (Å²) in [4.78, 5) is 4.62. The van der Waals surface area contributed by atoms with Crippen LogP contribution in [0.15, 0.2) is 5.38 Å². The molecule has 0 bridgehead atoms. The largest absolute Gasteiger partial charge is 0.309 e. The molecule has 1 heterocycles. The highest BCUT2D eigenvalue weighted by atomic mass is 32.1. The molecule has 3 heteroatoms. The van der Waals surface area contributed by atoms with Gasteiger partial charge in [0.2, 0.25) is 0 Å². The van der Waals surface area contributed by atoms with Crippen molar-refractivity contribution in [2.45, 2.75) is 45.7 Å². The zero-order valence-corrected chi connectivity index (χ0v) is 9.73. The minimum Gasteiger partial charge on any atom is -0.309 e. The molecule has 0 unspecified atom stereocenters. The number of hydrogen-bond acceptors (Lipinski definition) is 3. The van der Waals surface area contributed by atoms with Crippen LogP contribution in [0.4, 0.5) is 0 Å². The van der Waals surface area contributed by atoms with Gasteiger partial charge in [0.05, 0.1) is 10.7 Å². The van der Waals surface area contributed by atoms with Gasteiger partial charge in [-0.15, -0.1) is 11.3 Å². The maximum absolute atomic E-state index is 4.62. The molecule has 0 amide bonds. The molecule has 78 valence electrons. The molecule has 0 aromatic carbocycles. The summed E-state index contributed by atoms with van der Waals surface area (Å²) in [5.41, 5.74) is 1.21. The van der Waals surface area contributed by atoms with Gasteiger partial charge >= 0.3 is 0 Å². The van der Waals surface area contributed by atoms with Crippen molar-refractivity contribution in [2.24, 2.45) is 5.92 Å². The van der Waals surface area contributed by atoms with Crippen molar-refractivity contribution in [3.05, 3.63) is 16.1 Å². The Bertz CT molecular complexity index is 289. The molecule has 1 aromatic heterocycles. The van der Waals surface area contributed by atoms with E-state index < -0.39 is 0 Å². The van der Waals surface area contributed by atoms with Gasteiger partial charge in [-0.1, -0.05) is 13.8 Å². The summed E-state index contributed by atoms with van der Waals surface area (Å²) in [6, 6.07) is 0.545. The summed E-state index contributed by atoms with van der Waals surface area (Å²) in [6.07, 6.45) is 4.05. The zero-order valence-electron chi connectivity index (χ0n) is 8.92. The second-order valence-electron chi connectivity index (χ2n) is 4.42. The van der Waals surface area contributed by atoms with E-state index in [2.05, 4.69) is 29.5 Å². The van der Waals surface area contributed by atoms with Crippen LogP contribution in [0.25, 0.3) is 0 Å². The van der Waals surface area contributed by atoms with Crippen molar-refractivity contribution in [3.8, 4) is 0 Å². The number of aromatic nitrogens is 1. The van der Waals surface area contributed by atoms with Gasteiger partial charge in [0, 0.05) is 24.4 Å². The molecule has 1 aromatic rings.